The first-order valence-electron chi connectivity index (χ1n) is 7.39. The number of thiocarbonyl (C=S) groups is 1. The maximum absolute atomic E-state index is 5.87. The minimum Gasteiger partial charge on any atom is -0.489 e. The lowest BCUT2D eigenvalue weighted by Crippen LogP contribution is -2.26. The highest BCUT2D eigenvalue weighted by atomic mass is 32.1. The Labute approximate surface area is 131 Å². The summed E-state index contributed by atoms with van der Waals surface area (Å²) in [6.07, 6.45) is 2.48. The summed E-state index contributed by atoms with van der Waals surface area (Å²) in [5, 5.41) is 0. The van der Waals surface area contributed by atoms with Gasteiger partial charge in [0.2, 0.25) is 0 Å². The number of likely N-dealkylation sites (tertiary alicyclic amines) is 1. The van der Waals surface area contributed by atoms with Crippen LogP contribution >= 0.6 is 12.2 Å². The molecule has 2 aromatic rings. The third-order valence-electron chi connectivity index (χ3n) is 3.72. The average Bonchev–Trinajstić information content (AvgIpc) is 3.08. The molecule has 21 heavy (non-hydrogen) atoms. The largest absolute Gasteiger partial charge is 0.489 e. The molecule has 1 fully saturated rings. The van der Waals surface area contributed by atoms with E-state index in [1.807, 2.05) is 36.4 Å². The zero-order chi connectivity index (χ0) is 14.5. The Balaban J connectivity index is 1.66. The first-order chi connectivity index (χ1) is 10.3. The molecule has 1 saturated heterocycles. The first-order valence-corrected chi connectivity index (χ1v) is 7.80. The maximum Gasteiger partial charge on any atom is 0.120 e. The van der Waals surface area contributed by atoms with E-state index in [9.17, 15) is 0 Å². The fourth-order valence-corrected chi connectivity index (χ4v) is 2.87. The number of benzene rings is 2. The molecule has 2 aromatic carbocycles. The first kappa shape index (κ1) is 14.1. The van der Waals surface area contributed by atoms with Crippen molar-refractivity contribution in [2.24, 2.45) is 0 Å². The van der Waals surface area contributed by atoms with E-state index >= 15 is 0 Å². The molecule has 0 radical (unpaired) electrons. The van der Waals surface area contributed by atoms with Crippen LogP contribution in [0.2, 0.25) is 0 Å². The molecular formula is C18H19NOS. The second-order valence-electron chi connectivity index (χ2n) is 5.30. The second kappa shape index (κ2) is 6.72. The van der Waals surface area contributed by atoms with Crippen LogP contribution in [-0.4, -0.2) is 23.0 Å². The Morgan fingerprint density at radius 2 is 1.76 bits per heavy atom. The topological polar surface area (TPSA) is 12.5 Å². The van der Waals surface area contributed by atoms with Gasteiger partial charge >= 0.3 is 0 Å². The highest BCUT2D eigenvalue weighted by Crippen LogP contribution is 2.19. The van der Waals surface area contributed by atoms with Crippen LogP contribution in [-0.2, 0) is 6.61 Å². The van der Waals surface area contributed by atoms with E-state index < -0.39 is 0 Å². The van der Waals surface area contributed by atoms with Crippen molar-refractivity contribution in [2.75, 3.05) is 13.1 Å². The number of ether oxygens (including phenoxy) is 1. The molecule has 3 heteroatoms. The standard InChI is InChI=1S/C18H19NOS/c21-18(19-11-4-5-12-19)16-9-6-10-17(13-16)20-14-15-7-2-1-3-8-15/h1-3,6-10,13H,4-5,11-12,14H2. The molecule has 0 spiro atoms. The summed E-state index contributed by atoms with van der Waals surface area (Å²) < 4.78 is 5.87. The van der Waals surface area contributed by atoms with Gasteiger partial charge in [0.05, 0.1) is 0 Å². The van der Waals surface area contributed by atoms with Crippen LogP contribution in [0.5, 0.6) is 5.75 Å². The van der Waals surface area contributed by atoms with Gasteiger partial charge in [-0.05, 0) is 30.5 Å². The monoisotopic (exact) mass is 297 g/mol. The molecule has 0 aliphatic carbocycles. The quantitative estimate of drug-likeness (QED) is 0.790. The van der Waals surface area contributed by atoms with E-state index in [4.69, 9.17) is 17.0 Å². The summed E-state index contributed by atoms with van der Waals surface area (Å²) in [5.74, 6) is 0.873. The van der Waals surface area contributed by atoms with Gasteiger partial charge in [-0.2, -0.15) is 0 Å². The van der Waals surface area contributed by atoms with Crippen LogP contribution in [0.4, 0.5) is 0 Å². The van der Waals surface area contributed by atoms with Gasteiger partial charge < -0.3 is 9.64 Å². The second-order valence-corrected chi connectivity index (χ2v) is 5.69. The normalized spacial score (nSPS) is 14.2. The predicted molar refractivity (Wildman–Crippen MR) is 89.7 cm³/mol. The van der Waals surface area contributed by atoms with Crippen molar-refractivity contribution in [3.05, 3.63) is 65.7 Å². The number of hydrogen-bond donors (Lipinski definition) is 0. The number of rotatable bonds is 4. The van der Waals surface area contributed by atoms with Crippen LogP contribution in [0.25, 0.3) is 0 Å². The molecule has 2 nitrogen and oxygen atoms in total. The van der Waals surface area contributed by atoms with Crippen LogP contribution in [0.3, 0.4) is 0 Å². The smallest absolute Gasteiger partial charge is 0.120 e. The third kappa shape index (κ3) is 3.61. The molecule has 0 saturated carbocycles. The van der Waals surface area contributed by atoms with E-state index in [-0.39, 0.29) is 0 Å². The van der Waals surface area contributed by atoms with Gasteiger partial charge in [-0.15, -0.1) is 0 Å². The Kier molecular flexibility index (Phi) is 4.51. The minimum atomic E-state index is 0.584. The lowest BCUT2D eigenvalue weighted by molar-refractivity contribution is 0.306. The van der Waals surface area contributed by atoms with E-state index in [0.717, 1.165) is 29.4 Å². The van der Waals surface area contributed by atoms with Crippen LogP contribution in [0, 0.1) is 0 Å². The Morgan fingerprint density at radius 1 is 1.00 bits per heavy atom. The van der Waals surface area contributed by atoms with Crippen LogP contribution in [0.15, 0.2) is 54.6 Å². The van der Waals surface area contributed by atoms with Gasteiger partial charge in [-0.1, -0.05) is 54.7 Å². The lowest BCUT2D eigenvalue weighted by Gasteiger charge is -2.19. The predicted octanol–water partition coefficient (Wildman–Crippen LogP) is 4.04. The number of nitrogens with zero attached hydrogens (tertiary/aromatic N) is 1. The lowest BCUT2D eigenvalue weighted by atomic mass is 10.2. The molecule has 0 unspecified atom stereocenters. The molecule has 1 heterocycles. The van der Waals surface area contributed by atoms with E-state index in [1.165, 1.54) is 18.4 Å². The molecule has 3 rings (SSSR count). The minimum absolute atomic E-state index is 0.584. The maximum atomic E-state index is 5.87. The number of hydrogen-bond acceptors (Lipinski definition) is 2. The van der Waals surface area contributed by atoms with Crippen LogP contribution in [0.1, 0.15) is 24.0 Å². The van der Waals surface area contributed by atoms with E-state index in [2.05, 4.69) is 23.1 Å². The van der Waals surface area contributed by atoms with Gasteiger partial charge in [0, 0.05) is 18.7 Å². The SMILES string of the molecule is S=C(c1cccc(OCc2ccccc2)c1)N1CCCC1. The van der Waals surface area contributed by atoms with Gasteiger partial charge in [0.1, 0.15) is 17.3 Å². The summed E-state index contributed by atoms with van der Waals surface area (Å²) >= 11 is 5.59. The van der Waals surface area contributed by atoms with Crippen molar-refractivity contribution in [3.63, 3.8) is 0 Å². The molecule has 0 N–H and O–H groups in total. The molecule has 0 amide bonds. The van der Waals surface area contributed by atoms with Crippen molar-refractivity contribution in [1.29, 1.82) is 0 Å². The summed E-state index contributed by atoms with van der Waals surface area (Å²) in [6, 6.07) is 18.3. The van der Waals surface area contributed by atoms with E-state index in [0.29, 0.717) is 6.61 Å². The molecule has 0 aromatic heterocycles. The van der Waals surface area contributed by atoms with Crippen LogP contribution < -0.4 is 4.74 Å². The summed E-state index contributed by atoms with van der Waals surface area (Å²) in [4.78, 5) is 3.23. The molecule has 0 bridgehead atoms. The van der Waals surface area contributed by atoms with Crippen molar-refractivity contribution >= 4 is 17.2 Å². The summed E-state index contributed by atoms with van der Waals surface area (Å²) in [5.41, 5.74) is 2.25. The van der Waals surface area contributed by atoms with Gasteiger partial charge in [0.25, 0.3) is 0 Å². The molecule has 1 aliphatic rings. The molecule has 108 valence electrons. The summed E-state index contributed by atoms with van der Waals surface area (Å²) in [7, 11) is 0. The highest BCUT2D eigenvalue weighted by Gasteiger charge is 2.16. The van der Waals surface area contributed by atoms with Gasteiger partial charge in [-0.25, -0.2) is 0 Å². The zero-order valence-corrected chi connectivity index (χ0v) is 12.8. The fraction of sp³-hybridized carbons (Fsp3) is 0.278. The van der Waals surface area contributed by atoms with Crippen molar-refractivity contribution in [2.45, 2.75) is 19.4 Å². The van der Waals surface area contributed by atoms with Gasteiger partial charge in [-0.3, -0.25) is 0 Å². The van der Waals surface area contributed by atoms with Gasteiger partial charge in [0.15, 0.2) is 0 Å². The van der Waals surface area contributed by atoms with E-state index in [1.54, 1.807) is 0 Å². The molecule has 1 aliphatic heterocycles. The molecule has 0 atom stereocenters. The fourth-order valence-electron chi connectivity index (χ4n) is 2.56. The average molecular weight is 297 g/mol. The highest BCUT2D eigenvalue weighted by molar-refractivity contribution is 7.80. The van der Waals surface area contributed by atoms with Crippen molar-refractivity contribution < 1.29 is 4.74 Å². The third-order valence-corrected chi connectivity index (χ3v) is 4.22. The van der Waals surface area contributed by atoms with Crippen molar-refractivity contribution in [3.8, 4) is 5.75 Å². The Morgan fingerprint density at radius 3 is 2.52 bits per heavy atom. The Bertz CT molecular complexity index is 606. The Hall–Kier alpha value is -1.87. The molecular weight excluding hydrogens is 278 g/mol. The zero-order valence-electron chi connectivity index (χ0n) is 12.0. The van der Waals surface area contributed by atoms with Crippen molar-refractivity contribution in [1.82, 2.24) is 4.90 Å². The summed E-state index contributed by atoms with van der Waals surface area (Å²) in [6.45, 7) is 2.74.